The van der Waals surface area contributed by atoms with Crippen molar-refractivity contribution in [2.24, 2.45) is 4.99 Å². The highest BCUT2D eigenvalue weighted by atomic mass is 32.1. The van der Waals surface area contributed by atoms with Crippen molar-refractivity contribution in [1.82, 2.24) is 25.0 Å². The zero-order valence-electron chi connectivity index (χ0n) is 18.2. The van der Waals surface area contributed by atoms with Crippen molar-refractivity contribution in [3.8, 4) is 16.1 Å². The second kappa shape index (κ2) is 7.83. The summed E-state index contributed by atoms with van der Waals surface area (Å²) < 4.78 is 6.97. The molecule has 4 aromatic rings. The van der Waals surface area contributed by atoms with Gasteiger partial charge in [-0.3, -0.25) is 19.5 Å². The summed E-state index contributed by atoms with van der Waals surface area (Å²) in [6.45, 7) is 6.14. The summed E-state index contributed by atoms with van der Waals surface area (Å²) in [5.41, 5.74) is 6.13. The van der Waals surface area contributed by atoms with Gasteiger partial charge in [0, 0.05) is 27.8 Å². The van der Waals surface area contributed by atoms with Crippen LogP contribution in [0.4, 0.5) is 0 Å². The Morgan fingerprint density at radius 1 is 1.12 bits per heavy atom. The first-order chi connectivity index (χ1) is 15.5. The SMILES string of the molecule is COC(=O)C[C@@H]1N=C(c2ccc(-c3cn[nH]c3)cc2)c2c(sc(C)c2C)-n2c(C)nnc21. The summed E-state index contributed by atoms with van der Waals surface area (Å²) in [7, 11) is 1.39. The molecule has 0 saturated heterocycles. The molecule has 1 atom stereocenters. The summed E-state index contributed by atoms with van der Waals surface area (Å²) in [4.78, 5) is 18.5. The first-order valence-electron chi connectivity index (χ1n) is 10.2. The molecule has 8 nitrogen and oxygen atoms in total. The van der Waals surface area contributed by atoms with Crippen LogP contribution in [0.3, 0.4) is 0 Å². The number of benzene rings is 1. The van der Waals surface area contributed by atoms with Crippen LogP contribution >= 0.6 is 11.3 Å². The molecular formula is C23H22N6O2S. The van der Waals surface area contributed by atoms with Crippen molar-refractivity contribution in [3.05, 3.63) is 69.9 Å². The van der Waals surface area contributed by atoms with Gasteiger partial charge in [0.05, 0.1) is 25.4 Å². The van der Waals surface area contributed by atoms with E-state index in [-0.39, 0.29) is 12.4 Å². The zero-order valence-corrected chi connectivity index (χ0v) is 19.0. The molecule has 0 unspecified atom stereocenters. The third kappa shape index (κ3) is 3.25. The van der Waals surface area contributed by atoms with Crippen LogP contribution in [-0.2, 0) is 9.53 Å². The lowest BCUT2D eigenvalue weighted by molar-refractivity contribution is -0.141. The molecule has 0 amide bonds. The Bertz CT molecular complexity index is 1330. The topological polar surface area (TPSA) is 98.1 Å². The summed E-state index contributed by atoms with van der Waals surface area (Å²) >= 11 is 1.69. The Morgan fingerprint density at radius 3 is 2.56 bits per heavy atom. The Hall–Kier alpha value is -3.59. The van der Waals surface area contributed by atoms with E-state index in [1.165, 1.54) is 17.6 Å². The van der Waals surface area contributed by atoms with E-state index in [0.717, 1.165) is 38.8 Å². The Morgan fingerprint density at radius 2 is 1.88 bits per heavy atom. The molecule has 4 heterocycles. The van der Waals surface area contributed by atoms with E-state index in [4.69, 9.17) is 9.73 Å². The van der Waals surface area contributed by atoms with E-state index in [1.807, 2.05) is 17.7 Å². The minimum Gasteiger partial charge on any atom is -0.469 e. The van der Waals surface area contributed by atoms with Gasteiger partial charge >= 0.3 is 5.97 Å². The van der Waals surface area contributed by atoms with E-state index in [9.17, 15) is 4.79 Å². The molecule has 0 saturated carbocycles. The van der Waals surface area contributed by atoms with Crippen molar-refractivity contribution in [1.29, 1.82) is 0 Å². The fourth-order valence-corrected chi connectivity index (χ4v) is 5.21. The first kappa shape index (κ1) is 20.3. The molecule has 9 heteroatoms. The van der Waals surface area contributed by atoms with Crippen molar-refractivity contribution in [2.45, 2.75) is 33.2 Å². The number of aromatic amines is 1. The summed E-state index contributed by atoms with van der Waals surface area (Å²) in [5.74, 6) is 1.09. The Kier molecular flexibility index (Phi) is 4.97. The fraction of sp³-hybridized carbons (Fsp3) is 0.261. The average Bonchev–Trinajstić information content (AvgIpc) is 3.50. The van der Waals surface area contributed by atoms with Gasteiger partial charge < -0.3 is 4.74 Å². The summed E-state index contributed by atoms with van der Waals surface area (Å²) in [6, 6.07) is 7.74. The van der Waals surface area contributed by atoms with E-state index < -0.39 is 6.04 Å². The molecule has 1 N–H and O–H groups in total. The highest BCUT2D eigenvalue weighted by Crippen LogP contribution is 2.39. The highest BCUT2D eigenvalue weighted by molar-refractivity contribution is 7.15. The second-order valence-corrected chi connectivity index (χ2v) is 8.95. The van der Waals surface area contributed by atoms with Crippen molar-refractivity contribution in [2.75, 3.05) is 7.11 Å². The molecule has 162 valence electrons. The van der Waals surface area contributed by atoms with E-state index in [2.05, 4.69) is 58.5 Å². The third-order valence-corrected chi connectivity index (χ3v) is 7.01. The molecule has 3 aromatic heterocycles. The normalized spacial score (nSPS) is 15.0. The molecular weight excluding hydrogens is 424 g/mol. The largest absolute Gasteiger partial charge is 0.469 e. The Labute approximate surface area is 189 Å². The van der Waals surface area contributed by atoms with Crippen molar-refractivity contribution < 1.29 is 9.53 Å². The first-order valence-corrected chi connectivity index (χ1v) is 11.1. The van der Waals surface area contributed by atoms with Gasteiger partial charge in [-0.25, -0.2) is 0 Å². The van der Waals surface area contributed by atoms with Gasteiger partial charge in [0.2, 0.25) is 0 Å². The fourth-order valence-electron chi connectivity index (χ4n) is 4.00. The maximum Gasteiger partial charge on any atom is 0.308 e. The van der Waals surface area contributed by atoms with Crippen LogP contribution in [0.2, 0.25) is 0 Å². The van der Waals surface area contributed by atoms with Crippen LogP contribution in [0.5, 0.6) is 0 Å². The molecule has 1 aliphatic heterocycles. The number of fused-ring (bicyclic) bond motifs is 3. The Balaban J connectivity index is 1.70. The van der Waals surface area contributed by atoms with Gasteiger partial charge in [-0.2, -0.15) is 5.10 Å². The van der Waals surface area contributed by atoms with Crippen molar-refractivity contribution >= 4 is 23.0 Å². The number of aromatic nitrogens is 5. The minimum atomic E-state index is -0.494. The van der Waals surface area contributed by atoms with Gasteiger partial charge in [-0.05, 0) is 31.9 Å². The molecule has 1 aliphatic rings. The third-order valence-electron chi connectivity index (χ3n) is 5.82. The van der Waals surface area contributed by atoms with Gasteiger partial charge in [0.1, 0.15) is 16.9 Å². The molecule has 0 bridgehead atoms. The molecule has 0 fully saturated rings. The van der Waals surface area contributed by atoms with Gasteiger partial charge in [0.15, 0.2) is 5.82 Å². The van der Waals surface area contributed by atoms with Crippen LogP contribution in [-0.4, -0.2) is 43.8 Å². The second-order valence-electron chi connectivity index (χ2n) is 7.74. The van der Waals surface area contributed by atoms with E-state index >= 15 is 0 Å². The summed E-state index contributed by atoms with van der Waals surface area (Å²) in [5, 5.41) is 16.6. The van der Waals surface area contributed by atoms with Gasteiger partial charge in [-0.1, -0.05) is 24.3 Å². The molecule has 0 radical (unpaired) electrons. The number of methoxy groups -OCH3 is 1. The van der Waals surface area contributed by atoms with Crippen LogP contribution in [0.1, 0.15) is 45.7 Å². The number of thiophene rings is 1. The molecule has 0 spiro atoms. The molecule has 0 aliphatic carbocycles. The smallest absolute Gasteiger partial charge is 0.308 e. The number of ether oxygens (including phenoxy) is 1. The lowest BCUT2D eigenvalue weighted by Crippen LogP contribution is -2.12. The minimum absolute atomic E-state index is 0.0954. The van der Waals surface area contributed by atoms with Gasteiger partial charge in [0.25, 0.3) is 0 Å². The number of aryl methyl sites for hydroxylation is 2. The van der Waals surface area contributed by atoms with Crippen LogP contribution in [0, 0.1) is 20.8 Å². The number of carbonyl (C=O) groups excluding carboxylic acids is 1. The number of esters is 1. The lowest BCUT2D eigenvalue weighted by atomic mass is 9.97. The maximum absolute atomic E-state index is 12.2. The summed E-state index contributed by atoms with van der Waals surface area (Å²) in [6.07, 6.45) is 3.76. The number of hydrogen-bond donors (Lipinski definition) is 1. The standard InChI is InChI=1S/C23H22N6O2S/c1-12-13(2)32-23-20(12)21(16-7-5-15(6-8-16)17-10-24-25-11-17)26-18(9-19(30)31-4)22-28-27-14(3)29(22)23/h5-8,10-11,18H,9H2,1-4H3,(H,24,25)/t18-/m0/s1. The monoisotopic (exact) mass is 446 g/mol. The van der Waals surface area contributed by atoms with E-state index in [1.54, 1.807) is 17.5 Å². The van der Waals surface area contributed by atoms with Crippen LogP contribution in [0.15, 0.2) is 41.7 Å². The number of nitrogens with zero attached hydrogens (tertiary/aromatic N) is 5. The average molecular weight is 447 g/mol. The number of hydrogen-bond acceptors (Lipinski definition) is 7. The quantitative estimate of drug-likeness (QED) is 0.476. The van der Waals surface area contributed by atoms with Crippen LogP contribution in [0.25, 0.3) is 16.1 Å². The molecule has 1 aromatic carbocycles. The highest BCUT2D eigenvalue weighted by Gasteiger charge is 2.32. The van der Waals surface area contributed by atoms with Crippen LogP contribution < -0.4 is 0 Å². The number of rotatable bonds is 4. The predicted octanol–water partition coefficient (Wildman–Crippen LogP) is 4.10. The number of H-pyrrole nitrogens is 1. The number of carbonyl (C=O) groups is 1. The lowest BCUT2D eigenvalue weighted by Gasteiger charge is -2.12. The van der Waals surface area contributed by atoms with E-state index in [0.29, 0.717) is 5.82 Å². The maximum atomic E-state index is 12.2. The molecule has 5 rings (SSSR count). The number of aliphatic imine (C=N–C) groups is 1. The van der Waals surface area contributed by atoms with Gasteiger partial charge in [-0.15, -0.1) is 21.5 Å². The molecule has 32 heavy (non-hydrogen) atoms. The predicted molar refractivity (Wildman–Crippen MR) is 122 cm³/mol. The number of nitrogens with one attached hydrogen (secondary N) is 1. The van der Waals surface area contributed by atoms with Crippen molar-refractivity contribution in [3.63, 3.8) is 0 Å². The zero-order chi connectivity index (χ0) is 22.4.